The predicted octanol–water partition coefficient (Wildman–Crippen LogP) is 1.35. The maximum absolute atomic E-state index is 5.80. The summed E-state index contributed by atoms with van der Waals surface area (Å²) in [6.45, 7) is 1.05. The number of nitrogens with one attached hydrogen (secondary N) is 1. The van der Waals surface area contributed by atoms with Gasteiger partial charge in [-0.05, 0) is 19.0 Å². The van der Waals surface area contributed by atoms with Crippen LogP contribution in [0.1, 0.15) is 18.0 Å². The van der Waals surface area contributed by atoms with Crippen LogP contribution in [0.15, 0.2) is 12.3 Å². The highest BCUT2D eigenvalue weighted by Gasteiger charge is 2.21. The molecule has 0 bridgehead atoms. The third-order valence-corrected chi connectivity index (χ3v) is 2.32. The Hall–Kier alpha value is -0.800. The van der Waals surface area contributed by atoms with E-state index in [1.54, 1.807) is 6.20 Å². The molecule has 0 unspecified atom stereocenters. The number of aromatic nitrogens is 1. The molecule has 0 aromatic carbocycles. The first-order valence-corrected chi connectivity index (χ1v) is 4.29. The number of hydrogen-bond donors (Lipinski definition) is 2. The number of anilines is 1. The molecule has 0 aliphatic carbocycles. The highest BCUT2D eigenvalue weighted by atomic mass is 35.5. The molecule has 1 aliphatic rings. The number of hydrogen-bond acceptors (Lipinski definition) is 3. The molecular formula is C8H10ClN3. The Bertz CT molecular complexity index is 296. The summed E-state index contributed by atoms with van der Waals surface area (Å²) < 4.78 is 0. The molecule has 0 amide bonds. The highest BCUT2D eigenvalue weighted by molar-refractivity contribution is 6.30. The number of halogens is 1. The first-order chi connectivity index (χ1) is 5.77. The van der Waals surface area contributed by atoms with Gasteiger partial charge in [-0.1, -0.05) is 11.6 Å². The van der Waals surface area contributed by atoms with Crippen molar-refractivity contribution in [3.63, 3.8) is 0 Å². The highest BCUT2D eigenvalue weighted by Crippen LogP contribution is 2.28. The van der Waals surface area contributed by atoms with Crippen molar-refractivity contribution in [3.05, 3.63) is 22.8 Å². The average molecular weight is 184 g/mol. The lowest BCUT2D eigenvalue weighted by Gasteiger charge is -2.28. The van der Waals surface area contributed by atoms with Gasteiger partial charge in [0, 0.05) is 17.8 Å². The summed E-state index contributed by atoms with van der Waals surface area (Å²) in [6, 6.07) is 2.23. The molecule has 3 N–H and O–H groups in total. The van der Waals surface area contributed by atoms with Gasteiger partial charge in [0.25, 0.3) is 0 Å². The molecule has 1 fully saturated rings. The van der Waals surface area contributed by atoms with Crippen molar-refractivity contribution in [2.45, 2.75) is 12.5 Å². The molecule has 3 nitrogen and oxygen atoms in total. The van der Waals surface area contributed by atoms with Gasteiger partial charge in [0.1, 0.15) is 5.82 Å². The van der Waals surface area contributed by atoms with Crippen molar-refractivity contribution in [1.29, 1.82) is 0 Å². The Morgan fingerprint density at radius 3 is 3.00 bits per heavy atom. The average Bonchev–Trinajstić information content (AvgIpc) is 1.93. The smallest absolute Gasteiger partial charge is 0.128 e. The van der Waals surface area contributed by atoms with E-state index in [9.17, 15) is 0 Å². The van der Waals surface area contributed by atoms with Crippen molar-refractivity contribution in [1.82, 2.24) is 10.3 Å². The van der Waals surface area contributed by atoms with Crippen LogP contribution >= 0.6 is 11.6 Å². The number of pyridine rings is 1. The minimum absolute atomic E-state index is 0.358. The van der Waals surface area contributed by atoms with Gasteiger partial charge in [-0.15, -0.1) is 0 Å². The minimum atomic E-state index is 0.358. The maximum Gasteiger partial charge on any atom is 0.128 e. The van der Waals surface area contributed by atoms with E-state index in [0.717, 1.165) is 18.5 Å². The van der Waals surface area contributed by atoms with Crippen molar-refractivity contribution in [2.24, 2.45) is 0 Å². The normalized spacial score (nSPS) is 21.9. The van der Waals surface area contributed by atoms with E-state index in [2.05, 4.69) is 10.3 Å². The molecule has 0 radical (unpaired) electrons. The third-order valence-electron chi connectivity index (χ3n) is 2.12. The fraction of sp³-hybridized carbons (Fsp3) is 0.375. The van der Waals surface area contributed by atoms with E-state index in [0.29, 0.717) is 16.9 Å². The fourth-order valence-corrected chi connectivity index (χ4v) is 1.47. The molecule has 2 heterocycles. The van der Waals surface area contributed by atoms with Crippen LogP contribution in [-0.4, -0.2) is 11.5 Å². The Morgan fingerprint density at radius 2 is 2.42 bits per heavy atom. The van der Waals surface area contributed by atoms with Gasteiger partial charge in [-0.2, -0.15) is 0 Å². The molecule has 1 atom stereocenters. The van der Waals surface area contributed by atoms with Gasteiger partial charge >= 0.3 is 0 Å². The van der Waals surface area contributed by atoms with E-state index in [-0.39, 0.29) is 0 Å². The molecule has 0 spiro atoms. The van der Waals surface area contributed by atoms with Gasteiger partial charge in [0.2, 0.25) is 0 Å². The predicted molar refractivity (Wildman–Crippen MR) is 49.0 cm³/mol. The lowest BCUT2D eigenvalue weighted by Crippen LogP contribution is -2.35. The summed E-state index contributed by atoms with van der Waals surface area (Å²) in [5.41, 5.74) is 6.71. The van der Waals surface area contributed by atoms with E-state index < -0.39 is 0 Å². The first kappa shape index (κ1) is 7.83. The summed E-state index contributed by atoms with van der Waals surface area (Å²) in [5, 5.41) is 3.90. The minimum Gasteiger partial charge on any atom is -0.383 e. The topological polar surface area (TPSA) is 50.9 Å². The molecule has 2 rings (SSSR count). The zero-order valence-corrected chi connectivity index (χ0v) is 7.30. The Balaban J connectivity index is 2.34. The second kappa shape index (κ2) is 2.92. The van der Waals surface area contributed by atoms with Crippen molar-refractivity contribution in [2.75, 3.05) is 12.3 Å². The number of rotatable bonds is 1. The number of nitrogens with zero attached hydrogens (tertiary/aromatic N) is 1. The fourth-order valence-electron chi connectivity index (χ4n) is 1.30. The molecule has 1 aromatic heterocycles. The summed E-state index contributed by atoms with van der Waals surface area (Å²) in [6.07, 6.45) is 2.69. The zero-order valence-electron chi connectivity index (χ0n) is 6.55. The van der Waals surface area contributed by atoms with Gasteiger partial charge in [0.05, 0.1) is 5.02 Å². The molecule has 1 aliphatic heterocycles. The zero-order chi connectivity index (χ0) is 8.55. The molecule has 64 valence electrons. The standard InChI is InChI=1S/C8H10ClN3/c9-5-3-6(7-1-2-11-7)8(10)12-4-5/h3-4,7,11H,1-2H2,(H2,10,12)/t7-/m0/s1. The molecule has 4 heteroatoms. The van der Waals surface area contributed by atoms with E-state index in [1.807, 2.05) is 6.07 Å². The van der Waals surface area contributed by atoms with Crippen LogP contribution in [0.5, 0.6) is 0 Å². The second-order valence-electron chi connectivity index (χ2n) is 2.92. The lowest BCUT2D eigenvalue weighted by atomic mass is 9.99. The van der Waals surface area contributed by atoms with Crippen LogP contribution in [-0.2, 0) is 0 Å². The van der Waals surface area contributed by atoms with Gasteiger partial charge in [0.15, 0.2) is 0 Å². The van der Waals surface area contributed by atoms with Gasteiger partial charge < -0.3 is 11.1 Å². The van der Waals surface area contributed by atoms with Crippen molar-refractivity contribution in [3.8, 4) is 0 Å². The Kier molecular flexibility index (Phi) is 1.90. The first-order valence-electron chi connectivity index (χ1n) is 3.91. The van der Waals surface area contributed by atoms with E-state index in [1.165, 1.54) is 0 Å². The molecule has 0 saturated carbocycles. The maximum atomic E-state index is 5.80. The van der Waals surface area contributed by atoms with Gasteiger partial charge in [-0.25, -0.2) is 4.98 Å². The van der Waals surface area contributed by atoms with Crippen LogP contribution in [0.25, 0.3) is 0 Å². The largest absolute Gasteiger partial charge is 0.383 e. The van der Waals surface area contributed by atoms with Gasteiger partial charge in [-0.3, -0.25) is 0 Å². The summed E-state index contributed by atoms with van der Waals surface area (Å²) in [4.78, 5) is 3.99. The second-order valence-corrected chi connectivity index (χ2v) is 3.36. The molecule has 1 saturated heterocycles. The number of nitrogen functional groups attached to an aromatic ring is 1. The summed E-state index contributed by atoms with van der Waals surface area (Å²) in [7, 11) is 0. The summed E-state index contributed by atoms with van der Waals surface area (Å²) in [5.74, 6) is 0.580. The summed E-state index contributed by atoms with van der Waals surface area (Å²) >= 11 is 5.80. The van der Waals surface area contributed by atoms with Crippen molar-refractivity contribution < 1.29 is 0 Å². The SMILES string of the molecule is Nc1ncc(Cl)cc1[C@@H]1CCN1. The van der Waals surface area contributed by atoms with Crippen LogP contribution in [0.4, 0.5) is 5.82 Å². The molecule has 1 aromatic rings. The van der Waals surface area contributed by atoms with Crippen LogP contribution < -0.4 is 11.1 Å². The monoisotopic (exact) mass is 183 g/mol. The molecular weight excluding hydrogens is 174 g/mol. The van der Waals surface area contributed by atoms with E-state index >= 15 is 0 Å². The lowest BCUT2D eigenvalue weighted by molar-refractivity contribution is 0.383. The number of nitrogens with two attached hydrogens (primary N) is 1. The van der Waals surface area contributed by atoms with Crippen LogP contribution in [0, 0.1) is 0 Å². The third kappa shape index (κ3) is 1.26. The van der Waals surface area contributed by atoms with E-state index in [4.69, 9.17) is 17.3 Å². The van der Waals surface area contributed by atoms with Crippen molar-refractivity contribution >= 4 is 17.4 Å². The molecule has 12 heavy (non-hydrogen) atoms. The Morgan fingerprint density at radius 1 is 1.67 bits per heavy atom. The van der Waals surface area contributed by atoms with Crippen LogP contribution in [0.3, 0.4) is 0 Å². The van der Waals surface area contributed by atoms with Crippen LogP contribution in [0.2, 0.25) is 5.02 Å². The quantitative estimate of drug-likeness (QED) is 0.691. The Labute approximate surface area is 75.9 Å².